The molecule has 1 aromatic carbocycles. The van der Waals surface area contributed by atoms with Crippen LogP contribution in [-0.4, -0.2) is 35.0 Å². The van der Waals surface area contributed by atoms with E-state index in [9.17, 15) is 10.1 Å². The number of hydrogen-bond acceptors (Lipinski definition) is 5. The third-order valence-corrected chi connectivity index (χ3v) is 6.22. The largest absolute Gasteiger partial charge is 0.490 e. The van der Waals surface area contributed by atoms with Crippen molar-refractivity contribution in [3.8, 4) is 11.8 Å². The fourth-order valence-corrected chi connectivity index (χ4v) is 4.44. The average molecular weight is 453 g/mol. The zero-order valence-electron chi connectivity index (χ0n) is 19.1. The summed E-state index contributed by atoms with van der Waals surface area (Å²) in [6.07, 6.45) is 16.6. The van der Waals surface area contributed by atoms with Crippen molar-refractivity contribution >= 4 is 18.2 Å². The summed E-state index contributed by atoms with van der Waals surface area (Å²) in [6.45, 7) is 5.07. The molecule has 1 aromatic heterocycles. The molecule has 0 bridgehead atoms. The minimum Gasteiger partial charge on any atom is -0.490 e. The predicted molar refractivity (Wildman–Crippen MR) is 133 cm³/mol. The normalized spacial score (nSPS) is 19.4. The molecule has 1 amide bonds. The summed E-state index contributed by atoms with van der Waals surface area (Å²) in [7, 11) is 0. The molecule has 1 aliphatic carbocycles. The number of rotatable bonds is 5. The maximum Gasteiger partial charge on any atom is 0.255 e. The van der Waals surface area contributed by atoms with Crippen molar-refractivity contribution in [3.05, 3.63) is 94.7 Å². The summed E-state index contributed by atoms with van der Waals surface area (Å²) in [6, 6.07) is 9.90. The molecule has 0 saturated carbocycles. The molecule has 0 spiro atoms. The lowest BCUT2D eigenvalue weighted by Gasteiger charge is -2.32. The van der Waals surface area contributed by atoms with Gasteiger partial charge in [-0.1, -0.05) is 36.9 Å². The summed E-state index contributed by atoms with van der Waals surface area (Å²) in [5.74, 6) is 0.800. The molecule has 1 aliphatic heterocycles. The molecule has 0 radical (unpaired) electrons. The van der Waals surface area contributed by atoms with Gasteiger partial charge in [-0.2, -0.15) is 5.26 Å². The maximum atomic E-state index is 12.7. The van der Waals surface area contributed by atoms with Crippen molar-refractivity contribution in [2.75, 3.05) is 13.1 Å². The molecule has 1 fully saturated rings. The standard InChI is InChI=1S/C28H28N4O2/c1-2-5-22-15-24(21-7-3-6-20(14-21)17-29)16-27(26(22)18-30)34-25-9-12-32(13-10-25)28(33)23-8-4-11-31-19-23/h2-6,8,11,14-16,18-19,21,25H,1,7,9-10,12-13,30H2/b22-5-,26-18+. The van der Waals surface area contributed by atoms with Crippen molar-refractivity contribution in [1.82, 2.24) is 9.88 Å². The fraction of sp³-hybridized carbons (Fsp3) is 0.250. The zero-order valence-corrected chi connectivity index (χ0v) is 19.1. The van der Waals surface area contributed by atoms with E-state index in [1.165, 1.54) is 0 Å². The monoisotopic (exact) mass is 452 g/mol. The number of pyridine rings is 1. The first-order valence-electron chi connectivity index (χ1n) is 11.5. The second kappa shape index (κ2) is 10.7. The van der Waals surface area contributed by atoms with Crippen LogP contribution in [0.25, 0.3) is 12.3 Å². The van der Waals surface area contributed by atoms with E-state index in [0.717, 1.165) is 35.3 Å². The number of carbonyl (C=O) groups excluding carboxylic acids is 1. The Labute approximate surface area is 199 Å². The van der Waals surface area contributed by atoms with E-state index in [1.54, 1.807) is 36.8 Å². The number of hydrogen-bond donors (Lipinski definition) is 1. The van der Waals surface area contributed by atoms with Crippen molar-refractivity contribution in [3.63, 3.8) is 0 Å². The van der Waals surface area contributed by atoms with Crippen LogP contribution in [0.3, 0.4) is 0 Å². The number of benzene rings is 1. The Kier molecular flexibility index (Phi) is 7.24. The molecule has 2 N–H and O–H groups in total. The van der Waals surface area contributed by atoms with Gasteiger partial charge < -0.3 is 15.4 Å². The molecule has 2 aromatic rings. The number of piperidine rings is 1. The van der Waals surface area contributed by atoms with Crippen LogP contribution in [0.15, 0.2) is 73.1 Å². The molecule has 1 unspecified atom stereocenters. The van der Waals surface area contributed by atoms with Crippen LogP contribution in [0.1, 0.15) is 41.1 Å². The van der Waals surface area contributed by atoms with Gasteiger partial charge in [0.1, 0.15) is 11.9 Å². The Morgan fingerprint density at radius 1 is 1.32 bits per heavy atom. The quantitative estimate of drug-likeness (QED) is 0.753. The second-order valence-corrected chi connectivity index (χ2v) is 8.42. The molecular weight excluding hydrogens is 424 g/mol. The number of aromatic nitrogens is 1. The summed E-state index contributed by atoms with van der Waals surface area (Å²) in [5, 5.41) is 11.1. The van der Waals surface area contributed by atoms with Gasteiger partial charge in [0.05, 0.1) is 11.6 Å². The Bertz CT molecular complexity index is 1280. The van der Waals surface area contributed by atoms with E-state index in [1.807, 2.05) is 35.3 Å². The first kappa shape index (κ1) is 23.1. The van der Waals surface area contributed by atoms with Gasteiger partial charge >= 0.3 is 0 Å². The van der Waals surface area contributed by atoms with Crippen molar-refractivity contribution < 1.29 is 9.53 Å². The minimum atomic E-state index is -0.0278. The average Bonchev–Trinajstić information content (AvgIpc) is 2.89. The highest BCUT2D eigenvalue weighted by atomic mass is 16.5. The number of ether oxygens (including phenoxy) is 1. The van der Waals surface area contributed by atoms with Gasteiger partial charge in [-0.3, -0.25) is 9.78 Å². The van der Waals surface area contributed by atoms with Gasteiger partial charge in [0.15, 0.2) is 0 Å². The number of nitriles is 1. The molecule has 1 atom stereocenters. The van der Waals surface area contributed by atoms with Crippen LogP contribution in [-0.2, 0) is 0 Å². The number of nitrogens with two attached hydrogens (primary N) is 1. The molecule has 6 heteroatoms. The third kappa shape index (κ3) is 5.10. The van der Waals surface area contributed by atoms with Crippen LogP contribution in [0.4, 0.5) is 0 Å². The van der Waals surface area contributed by atoms with Crippen molar-refractivity contribution in [1.29, 1.82) is 5.26 Å². The van der Waals surface area contributed by atoms with Gasteiger partial charge in [0.25, 0.3) is 5.91 Å². The highest BCUT2D eigenvalue weighted by molar-refractivity contribution is 5.93. The van der Waals surface area contributed by atoms with E-state index >= 15 is 0 Å². The highest BCUT2D eigenvalue weighted by Crippen LogP contribution is 2.28. The Morgan fingerprint density at radius 2 is 2.15 bits per heavy atom. The Morgan fingerprint density at radius 3 is 2.82 bits per heavy atom. The lowest BCUT2D eigenvalue weighted by Crippen LogP contribution is -2.42. The molecule has 2 heterocycles. The van der Waals surface area contributed by atoms with Gasteiger partial charge in [0, 0.05) is 61.2 Å². The van der Waals surface area contributed by atoms with E-state index in [4.69, 9.17) is 10.5 Å². The lowest BCUT2D eigenvalue weighted by atomic mass is 9.89. The SMILES string of the molecule is C=C/C=c1/cc(C2C=C(C#N)C=CC2)cc(OC2CCN(C(=O)c3cccnc3)CC2)/c1=C/N. The molecule has 4 rings (SSSR count). The summed E-state index contributed by atoms with van der Waals surface area (Å²) in [4.78, 5) is 18.6. The van der Waals surface area contributed by atoms with Gasteiger partial charge in [0.2, 0.25) is 0 Å². The molecule has 6 nitrogen and oxygen atoms in total. The van der Waals surface area contributed by atoms with Gasteiger partial charge in [-0.15, -0.1) is 0 Å². The number of allylic oxidation sites excluding steroid dienone is 5. The fourth-order valence-electron chi connectivity index (χ4n) is 4.44. The molecule has 172 valence electrons. The van der Waals surface area contributed by atoms with E-state index in [2.05, 4.69) is 23.7 Å². The summed E-state index contributed by atoms with van der Waals surface area (Å²) >= 11 is 0. The Hall–Kier alpha value is -4.11. The molecule has 34 heavy (non-hydrogen) atoms. The molecular formula is C28H28N4O2. The minimum absolute atomic E-state index is 0.00201. The van der Waals surface area contributed by atoms with Crippen molar-refractivity contribution in [2.45, 2.75) is 31.3 Å². The van der Waals surface area contributed by atoms with Crippen LogP contribution < -0.4 is 20.9 Å². The summed E-state index contributed by atoms with van der Waals surface area (Å²) < 4.78 is 6.46. The first-order valence-corrected chi connectivity index (χ1v) is 11.5. The van der Waals surface area contributed by atoms with Crippen molar-refractivity contribution in [2.24, 2.45) is 5.73 Å². The maximum absolute atomic E-state index is 12.7. The van der Waals surface area contributed by atoms with E-state index < -0.39 is 0 Å². The van der Waals surface area contributed by atoms with Crippen LogP contribution >= 0.6 is 0 Å². The number of nitrogens with zero attached hydrogens (tertiary/aromatic N) is 3. The predicted octanol–water partition coefficient (Wildman–Crippen LogP) is 2.92. The summed E-state index contributed by atoms with van der Waals surface area (Å²) in [5.41, 5.74) is 8.33. The zero-order chi connectivity index (χ0) is 23.9. The Balaban J connectivity index is 1.55. The lowest BCUT2D eigenvalue weighted by molar-refractivity contribution is 0.0593. The molecule has 2 aliphatic rings. The van der Waals surface area contributed by atoms with Gasteiger partial charge in [-0.25, -0.2) is 0 Å². The van der Waals surface area contributed by atoms with Crippen LogP contribution in [0.2, 0.25) is 0 Å². The van der Waals surface area contributed by atoms with Crippen LogP contribution in [0.5, 0.6) is 5.75 Å². The first-order chi connectivity index (χ1) is 16.6. The highest BCUT2D eigenvalue weighted by Gasteiger charge is 2.25. The van der Waals surface area contributed by atoms with E-state index in [0.29, 0.717) is 30.0 Å². The van der Waals surface area contributed by atoms with Crippen LogP contribution in [0, 0.1) is 11.3 Å². The topological polar surface area (TPSA) is 92.2 Å². The number of amides is 1. The molecule has 1 saturated heterocycles. The smallest absolute Gasteiger partial charge is 0.255 e. The second-order valence-electron chi connectivity index (χ2n) is 8.42. The van der Waals surface area contributed by atoms with E-state index in [-0.39, 0.29) is 17.9 Å². The van der Waals surface area contributed by atoms with Gasteiger partial charge in [-0.05, 0) is 41.5 Å². The third-order valence-electron chi connectivity index (χ3n) is 6.22. The number of carbonyl (C=O) groups is 1. The number of likely N-dealkylation sites (tertiary alicyclic amines) is 1.